The summed E-state index contributed by atoms with van der Waals surface area (Å²) >= 11 is 1.88. The highest BCUT2D eigenvalue weighted by Crippen LogP contribution is 2.42. The molecule has 0 amide bonds. The highest BCUT2D eigenvalue weighted by molar-refractivity contribution is 7.23. The van der Waals surface area contributed by atoms with Crippen LogP contribution in [0, 0.1) is 0 Å². The molecule has 0 fully saturated rings. The molecule has 5 heterocycles. The molecule has 46 heavy (non-hydrogen) atoms. The first-order valence-corrected chi connectivity index (χ1v) is 16.5. The molecule has 0 saturated heterocycles. The Balaban J connectivity index is 1.19. The van der Waals surface area contributed by atoms with E-state index < -0.39 is 0 Å². The fraction of sp³-hybridized carbons (Fsp3) is 0.0750. The van der Waals surface area contributed by atoms with Crippen LogP contribution in [0.4, 0.5) is 0 Å². The van der Waals surface area contributed by atoms with Gasteiger partial charge in [-0.05, 0) is 83.1 Å². The second-order valence-electron chi connectivity index (χ2n) is 11.7. The summed E-state index contributed by atoms with van der Waals surface area (Å²) in [4.78, 5) is 6.48. The van der Waals surface area contributed by atoms with E-state index in [1.54, 1.807) is 0 Å². The summed E-state index contributed by atoms with van der Waals surface area (Å²) in [5, 5.41) is 14.1. The van der Waals surface area contributed by atoms with Gasteiger partial charge in [0, 0.05) is 44.7 Å². The molecule has 4 aromatic carbocycles. The molecule has 0 aliphatic carbocycles. The lowest BCUT2D eigenvalue weighted by molar-refractivity contribution is 0.800. The third-order valence-electron chi connectivity index (χ3n) is 8.93. The average Bonchev–Trinajstić information content (AvgIpc) is 3.72. The number of fused-ring (bicyclic) bond motifs is 5. The van der Waals surface area contributed by atoms with Gasteiger partial charge in [-0.15, -0.1) is 11.3 Å². The average molecular weight is 614 g/mol. The number of nitrogens with zero attached hydrogens (tertiary/aromatic N) is 2. The molecule has 0 radical (unpaired) electrons. The number of aromatic nitrogens is 1. The molecular formula is C40H31N5S. The summed E-state index contributed by atoms with van der Waals surface area (Å²) in [6, 6.07) is 35.2. The Morgan fingerprint density at radius 2 is 1.57 bits per heavy atom. The molecule has 0 spiro atoms. The normalized spacial score (nSPS) is 17.6. The summed E-state index contributed by atoms with van der Waals surface area (Å²) < 4.78 is 3.73. The van der Waals surface area contributed by atoms with E-state index in [9.17, 15) is 0 Å². The number of thiophene rings is 1. The molecule has 0 bridgehead atoms. The summed E-state index contributed by atoms with van der Waals surface area (Å²) in [6.45, 7) is 1.62. The number of nitrogens with one attached hydrogen (secondary N) is 3. The lowest BCUT2D eigenvalue weighted by Crippen LogP contribution is -2.39. The highest BCUT2D eigenvalue weighted by Gasteiger charge is 2.23. The number of benzene rings is 4. The molecule has 222 valence electrons. The summed E-state index contributed by atoms with van der Waals surface area (Å²) in [6.07, 6.45) is 15.0. The zero-order valence-corrected chi connectivity index (χ0v) is 25.9. The minimum atomic E-state index is 0.0212. The number of hydrogen-bond acceptors (Lipinski definition) is 5. The zero-order valence-electron chi connectivity index (χ0n) is 25.1. The van der Waals surface area contributed by atoms with E-state index in [4.69, 9.17) is 4.99 Å². The van der Waals surface area contributed by atoms with Gasteiger partial charge in [0.05, 0.1) is 22.8 Å². The molecule has 9 rings (SSSR count). The van der Waals surface area contributed by atoms with Gasteiger partial charge in [-0.1, -0.05) is 78.9 Å². The van der Waals surface area contributed by atoms with Crippen LogP contribution in [-0.4, -0.2) is 29.5 Å². The third kappa shape index (κ3) is 4.57. The molecular weight excluding hydrogens is 583 g/mol. The molecule has 3 aliphatic rings. The van der Waals surface area contributed by atoms with Gasteiger partial charge in [-0.3, -0.25) is 0 Å². The van der Waals surface area contributed by atoms with Crippen molar-refractivity contribution in [3.8, 4) is 16.1 Å². The maximum atomic E-state index is 5.19. The first-order valence-electron chi connectivity index (χ1n) is 15.7. The van der Waals surface area contributed by atoms with Gasteiger partial charge >= 0.3 is 0 Å². The van der Waals surface area contributed by atoms with Gasteiger partial charge in [0.2, 0.25) is 0 Å². The van der Waals surface area contributed by atoms with Crippen molar-refractivity contribution in [3.63, 3.8) is 0 Å². The van der Waals surface area contributed by atoms with Gasteiger partial charge in [0.1, 0.15) is 5.84 Å². The standard InChI is InChI=1S/C40H31N5S/c1-2-7-28(8-3-1)37-24-29-13-14-36-38(39(29)46-37)32-11-4-5-12-35(32)45(36)31-10-6-9-30(23-31)40-43-33(26-15-19-41-20-16-26)25-34(44-40)27-17-21-42-22-18-27/h1-19,21,23-25,33,41-42H,20,22H2,(H,43,44). The van der Waals surface area contributed by atoms with E-state index in [2.05, 4.69) is 148 Å². The second kappa shape index (κ2) is 11.1. The number of allylic oxidation sites excluding steroid dienone is 1. The van der Waals surface area contributed by atoms with Crippen LogP contribution in [-0.2, 0) is 0 Å². The highest BCUT2D eigenvalue weighted by atomic mass is 32.1. The first kappa shape index (κ1) is 26.8. The van der Waals surface area contributed by atoms with E-state index in [0.29, 0.717) is 0 Å². The Kier molecular flexibility index (Phi) is 6.46. The van der Waals surface area contributed by atoms with Crippen LogP contribution in [0.2, 0.25) is 0 Å². The van der Waals surface area contributed by atoms with Crippen LogP contribution in [0.3, 0.4) is 0 Å². The maximum absolute atomic E-state index is 5.19. The van der Waals surface area contributed by atoms with Crippen LogP contribution in [0.25, 0.3) is 48.0 Å². The molecule has 3 aliphatic heterocycles. The minimum absolute atomic E-state index is 0.0212. The second-order valence-corrected chi connectivity index (χ2v) is 12.8. The van der Waals surface area contributed by atoms with Crippen LogP contribution in [0.15, 0.2) is 162 Å². The number of dihydropyridines is 2. The molecule has 3 N–H and O–H groups in total. The van der Waals surface area contributed by atoms with Crippen molar-refractivity contribution in [3.05, 3.63) is 162 Å². The maximum Gasteiger partial charge on any atom is 0.134 e. The summed E-state index contributed by atoms with van der Waals surface area (Å²) in [7, 11) is 0. The van der Waals surface area contributed by atoms with Crippen molar-refractivity contribution < 1.29 is 0 Å². The van der Waals surface area contributed by atoms with Crippen LogP contribution in [0.5, 0.6) is 0 Å². The predicted molar refractivity (Wildman–Crippen MR) is 194 cm³/mol. The third-order valence-corrected chi connectivity index (χ3v) is 10.1. The predicted octanol–water partition coefficient (Wildman–Crippen LogP) is 8.35. The molecule has 0 saturated carbocycles. The Hall–Kier alpha value is -5.59. The van der Waals surface area contributed by atoms with Gasteiger partial charge in [-0.25, -0.2) is 4.99 Å². The SMILES string of the molecule is C1=CC(C2=CC(C3=CCNC=C3)NC(c3cccc(-n4c5ccccc5c5c6sc(-c7ccccc7)cc6ccc54)c3)=N2)=CCN1. The van der Waals surface area contributed by atoms with Crippen molar-refractivity contribution in [2.24, 2.45) is 4.99 Å². The van der Waals surface area contributed by atoms with E-state index in [1.165, 1.54) is 47.9 Å². The topological polar surface area (TPSA) is 53.4 Å². The van der Waals surface area contributed by atoms with E-state index in [1.807, 2.05) is 23.7 Å². The largest absolute Gasteiger partial charge is 0.387 e. The molecule has 2 aromatic heterocycles. The lowest BCUT2D eigenvalue weighted by Gasteiger charge is -2.27. The van der Waals surface area contributed by atoms with Crippen molar-refractivity contribution in [2.45, 2.75) is 6.04 Å². The fourth-order valence-corrected chi connectivity index (χ4v) is 7.95. The Bertz CT molecular complexity index is 2350. The van der Waals surface area contributed by atoms with Crippen molar-refractivity contribution in [1.29, 1.82) is 0 Å². The summed E-state index contributed by atoms with van der Waals surface area (Å²) in [5.41, 5.74) is 9.18. The number of para-hydroxylation sites is 1. The Morgan fingerprint density at radius 1 is 0.739 bits per heavy atom. The van der Waals surface area contributed by atoms with E-state index in [0.717, 1.165) is 41.4 Å². The van der Waals surface area contributed by atoms with Gasteiger partial charge in [-0.2, -0.15) is 0 Å². The van der Waals surface area contributed by atoms with Crippen molar-refractivity contribution >= 4 is 49.1 Å². The lowest BCUT2D eigenvalue weighted by atomic mass is 9.98. The number of aliphatic imine (C=N–C) groups is 1. The van der Waals surface area contributed by atoms with Crippen LogP contribution in [0.1, 0.15) is 5.56 Å². The number of hydrogen-bond donors (Lipinski definition) is 3. The minimum Gasteiger partial charge on any atom is -0.387 e. The zero-order chi connectivity index (χ0) is 30.5. The van der Waals surface area contributed by atoms with Gasteiger partial charge < -0.3 is 20.5 Å². The van der Waals surface area contributed by atoms with Crippen molar-refractivity contribution in [2.75, 3.05) is 13.1 Å². The Labute approximate surface area is 271 Å². The molecule has 5 nitrogen and oxygen atoms in total. The number of rotatable bonds is 5. The number of amidine groups is 1. The van der Waals surface area contributed by atoms with Gasteiger partial charge in [0.25, 0.3) is 0 Å². The molecule has 1 atom stereocenters. The van der Waals surface area contributed by atoms with E-state index >= 15 is 0 Å². The molecule has 6 heteroatoms. The monoisotopic (exact) mass is 613 g/mol. The first-order chi connectivity index (χ1) is 22.8. The molecule has 6 aromatic rings. The van der Waals surface area contributed by atoms with E-state index in [-0.39, 0.29) is 6.04 Å². The van der Waals surface area contributed by atoms with Crippen molar-refractivity contribution in [1.82, 2.24) is 20.5 Å². The molecule has 1 unspecified atom stereocenters. The van der Waals surface area contributed by atoms with Crippen LogP contribution < -0.4 is 16.0 Å². The summed E-state index contributed by atoms with van der Waals surface area (Å²) in [5.74, 6) is 0.874. The van der Waals surface area contributed by atoms with Crippen LogP contribution >= 0.6 is 11.3 Å². The smallest absolute Gasteiger partial charge is 0.134 e. The quantitative estimate of drug-likeness (QED) is 0.183. The Morgan fingerprint density at radius 3 is 2.41 bits per heavy atom. The fourth-order valence-electron chi connectivity index (χ4n) is 6.73. The van der Waals surface area contributed by atoms with Gasteiger partial charge in [0.15, 0.2) is 0 Å².